The first kappa shape index (κ1) is 22.4. The molecule has 1 aliphatic heterocycles. The van der Waals surface area contributed by atoms with Crippen molar-refractivity contribution in [3.8, 4) is 11.5 Å². The number of nitrogens with zero attached hydrogens (tertiary/aromatic N) is 1. The Bertz CT molecular complexity index is 1250. The smallest absolute Gasteiger partial charge is 0.295 e. The number of aliphatic hydroxyl groups excluding tert-OH is 1. The highest BCUT2D eigenvalue weighted by Crippen LogP contribution is 2.42. The van der Waals surface area contributed by atoms with Crippen molar-refractivity contribution in [2.75, 3.05) is 27.4 Å². The van der Waals surface area contributed by atoms with E-state index < -0.39 is 17.7 Å². The van der Waals surface area contributed by atoms with E-state index in [0.29, 0.717) is 24.2 Å². The maximum absolute atomic E-state index is 13.1. The number of hydrogen-bond donors (Lipinski definition) is 2. The summed E-state index contributed by atoms with van der Waals surface area (Å²) in [6, 6.07) is 16.9. The Hall–Kier alpha value is -3.84. The quantitative estimate of drug-likeness (QED) is 0.246. The second-order valence-electron chi connectivity index (χ2n) is 7.83. The van der Waals surface area contributed by atoms with Crippen molar-refractivity contribution < 1.29 is 29.3 Å². The highest BCUT2D eigenvalue weighted by atomic mass is 16.5. The SMILES string of the molecule is COCCCN1C(=O)C(=O)/C(=C(\O)c2ccc3ccccc3c2)C1c1ccc(OC)c(O)c1. The zero-order chi connectivity index (χ0) is 23.5. The van der Waals surface area contributed by atoms with E-state index in [-0.39, 0.29) is 29.4 Å². The predicted octanol–water partition coefficient (Wildman–Crippen LogP) is 4.01. The molecule has 1 aliphatic rings. The van der Waals surface area contributed by atoms with Crippen molar-refractivity contribution in [3.63, 3.8) is 0 Å². The van der Waals surface area contributed by atoms with Gasteiger partial charge in [0.1, 0.15) is 5.76 Å². The van der Waals surface area contributed by atoms with Crippen LogP contribution < -0.4 is 4.74 Å². The van der Waals surface area contributed by atoms with Gasteiger partial charge in [0.25, 0.3) is 11.7 Å². The minimum atomic E-state index is -0.856. The number of aliphatic hydroxyl groups is 1. The molecule has 7 heteroatoms. The number of phenols is 1. The number of likely N-dealkylation sites (tertiary alicyclic amines) is 1. The highest BCUT2D eigenvalue weighted by Gasteiger charge is 2.46. The minimum Gasteiger partial charge on any atom is -0.507 e. The number of carbonyl (C=O) groups excluding carboxylic acids is 2. The van der Waals surface area contributed by atoms with Gasteiger partial charge in [-0.1, -0.05) is 42.5 Å². The molecule has 7 nitrogen and oxygen atoms in total. The van der Waals surface area contributed by atoms with E-state index in [1.54, 1.807) is 31.4 Å². The second kappa shape index (κ2) is 9.34. The third kappa shape index (κ3) is 4.15. The van der Waals surface area contributed by atoms with Crippen molar-refractivity contribution in [3.05, 3.63) is 77.4 Å². The Morgan fingerprint density at radius 3 is 2.45 bits per heavy atom. The second-order valence-corrected chi connectivity index (χ2v) is 7.83. The van der Waals surface area contributed by atoms with Crippen molar-refractivity contribution in [2.24, 2.45) is 0 Å². The number of rotatable bonds is 7. The molecule has 4 rings (SSSR count). The summed E-state index contributed by atoms with van der Waals surface area (Å²) in [4.78, 5) is 27.5. The third-order valence-electron chi connectivity index (χ3n) is 5.83. The molecule has 0 radical (unpaired) electrons. The number of hydrogen-bond acceptors (Lipinski definition) is 6. The Labute approximate surface area is 191 Å². The van der Waals surface area contributed by atoms with E-state index >= 15 is 0 Å². The Morgan fingerprint density at radius 1 is 1.00 bits per heavy atom. The summed E-state index contributed by atoms with van der Waals surface area (Å²) in [7, 11) is 3.00. The van der Waals surface area contributed by atoms with Crippen LogP contribution in [0.2, 0.25) is 0 Å². The van der Waals surface area contributed by atoms with Crippen LogP contribution in [-0.2, 0) is 14.3 Å². The van der Waals surface area contributed by atoms with Gasteiger partial charge in [-0.25, -0.2) is 0 Å². The first-order valence-corrected chi connectivity index (χ1v) is 10.6. The lowest BCUT2D eigenvalue weighted by atomic mass is 9.94. The van der Waals surface area contributed by atoms with Crippen LogP contribution in [0.3, 0.4) is 0 Å². The van der Waals surface area contributed by atoms with E-state index in [2.05, 4.69) is 0 Å². The van der Waals surface area contributed by atoms with Gasteiger partial charge >= 0.3 is 0 Å². The van der Waals surface area contributed by atoms with Gasteiger partial charge in [-0.15, -0.1) is 0 Å². The van der Waals surface area contributed by atoms with Gasteiger partial charge in [-0.3, -0.25) is 9.59 Å². The Morgan fingerprint density at radius 2 is 1.76 bits per heavy atom. The number of carbonyl (C=O) groups is 2. The lowest BCUT2D eigenvalue weighted by Crippen LogP contribution is -2.31. The van der Waals surface area contributed by atoms with E-state index in [1.165, 1.54) is 18.1 Å². The maximum Gasteiger partial charge on any atom is 0.295 e. The number of aromatic hydroxyl groups is 1. The van der Waals surface area contributed by atoms with Crippen LogP contribution >= 0.6 is 0 Å². The monoisotopic (exact) mass is 447 g/mol. The standard InChI is InChI=1S/C26H25NO6/c1-32-13-5-12-27-23(18-10-11-21(33-2)20(28)15-18)22(25(30)26(27)31)24(29)19-9-8-16-6-3-4-7-17(16)14-19/h3-4,6-11,14-15,23,28-29H,5,12-13H2,1-2H3/b24-22-. The molecule has 0 bridgehead atoms. The maximum atomic E-state index is 13.1. The molecule has 33 heavy (non-hydrogen) atoms. The summed E-state index contributed by atoms with van der Waals surface area (Å²) in [5.74, 6) is -1.58. The zero-order valence-corrected chi connectivity index (χ0v) is 18.4. The summed E-state index contributed by atoms with van der Waals surface area (Å²) < 4.78 is 10.2. The fraction of sp³-hybridized carbons (Fsp3) is 0.231. The molecule has 1 unspecified atom stereocenters. The fourth-order valence-corrected chi connectivity index (χ4v) is 4.21. The fourth-order valence-electron chi connectivity index (χ4n) is 4.21. The average molecular weight is 447 g/mol. The number of methoxy groups -OCH3 is 2. The van der Waals surface area contributed by atoms with Crippen LogP contribution in [0.1, 0.15) is 23.6 Å². The minimum absolute atomic E-state index is 0.0164. The molecule has 1 saturated heterocycles. The molecular weight excluding hydrogens is 422 g/mol. The number of ether oxygens (including phenoxy) is 2. The molecule has 1 heterocycles. The average Bonchev–Trinajstić information content (AvgIpc) is 3.08. The van der Waals surface area contributed by atoms with E-state index in [1.807, 2.05) is 30.3 Å². The number of Topliss-reactive ketones (excluding diaryl/α,β-unsaturated/α-hetero) is 1. The van der Waals surface area contributed by atoms with Crippen LogP contribution in [0.5, 0.6) is 11.5 Å². The topological polar surface area (TPSA) is 96.3 Å². The lowest BCUT2D eigenvalue weighted by molar-refractivity contribution is -0.140. The number of ketones is 1. The number of fused-ring (bicyclic) bond motifs is 1. The molecular formula is C26H25NO6. The summed E-state index contributed by atoms with van der Waals surface area (Å²) >= 11 is 0. The Kier molecular flexibility index (Phi) is 6.33. The molecule has 1 fully saturated rings. The highest BCUT2D eigenvalue weighted by molar-refractivity contribution is 6.46. The van der Waals surface area contributed by atoms with E-state index in [4.69, 9.17) is 9.47 Å². The molecule has 1 amide bonds. The number of benzene rings is 3. The molecule has 170 valence electrons. The van der Waals surface area contributed by atoms with Gasteiger partial charge in [-0.2, -0.15) is 0 Å². The summed E-state index contributed by atoms with van der Waals surface area (Å²) in [5.41, 5.74) is 0.913. The van der Waals surface area contributed by atoms with Crippen molar-refractivity contribution in [1.82, 2.24) is 4.90 Å². The van der Waals surface area contributed by atoms with Crippen molar-refractivity contribution >= 4 is 28.2 Å². The summed E-state index contributed by atoms with van der Waals surface area (Å²) in [5, 5.41) is 23.4. The Balaban J connectivity index is 1.86. The van der Waals surface area contributed by atoms with E-state index in [9.17, 15) is 19.8 Å². The lowest BCUT2D eigenvalue weighted by Gasteiger charge is -2.25. The van der Waals surface area contributed by atoms with Gasteiger partial charge in [0.2, 0.25) is 0 Å². The van der Waals surface area contributed by atoms with Gasteiger partial charge in [0.05, 0.1) is 18.7 Å². The molecule has 1 atom stereocenters. The van der Waals surface area contributed by atoms with Crippen LogP contribution in [0.15, 0.2) is 66.2 Å². The number of phenolic OH excluding ortho intramolecular Hbond substituents is 1. The van der Waals surface area contributed by atoms with Gasteiger partial charge in [0.15, 0.2) is 11.5 Å². The van der Waals surface area contributed by atoms with Crippen LogP contribution in [-0.4, -0.2) is 54.2 Å². The zero-order valence-electron chi connectivity index (χ0n) is 18.4. The molecule has 3 aromatic carbocycles. The van der Waals surface area contributed by atoms with Crippen LogP contribution in [0.4, 0.5) is 0 Å². The van der Waals surface area contributed by atoms with Gasteiger partial charge < -0.3 is 24.6 Å². The van der Waals surface area contributed by atoms with Crippen LogP contribution in [0.25, 0.3) is 16.5 Å². The molecule has 3 aromatic rings. The normalized spacial score (nSPS) is 17.6. The largest absolute Gasteiger partial charge is 0.507 e. The summed E-state index contributed by atoms with van der Waals surface area (Å²) in [6.07, 6.45) is 0.512. The van der Waals surface area contributed by atoms with Crippen LogP contribution in [0, 0.1) is 0 Å². The van der Waals surface area contributed by atoms with Gasteiger partial charge in [0, 0.05) is 25.8 Å². The molecule has 0 saturated carbocycles. The molecule has 0 aromatic heterocycles. The molecule has 2 N–H and O–H groups in total. The molecule has 0 spiro atoms. The first-order chi connectivity index (χ1) is 16.0. The van der Waals surface area contributed by atoms with E-state index in [0.717, 1.165) is 10.8 Å². The number of amides is 1. The van der Waals surface area contributed by atoms with Gasteiger partial charge in [-0.05, 0) is 41.0 Å². The first-order valence-electron chi connectivity index (χ1n) is 10.6. The van der Waals surface area contributed by atoms with Crippen molar-refractivity contribution in [2.45, 2.75) is 12.5 Å². The molecule has 0 aliphatic carbocycles. The summed E-state index contributed by atoms with van der Waals surface area (Å²) in [6.45, 7) is 0.665. The third-order valence-corrected chi connectivity index (χ3v) is 5.83. The van der Waals surface area contributed by atoms with Crippen molar-refractivity contribution in [1.29, 1.82) is 0 Å². The predicted molar refractivity (Wildman–Crippen MR) is 124 cm³/mol.